The predicted molar refractivity (Wildman–Crippen MR) is 79.0 cm³/mol. The molecule has 0 fully saturated rings. The quantitative estimate of drug-likeness (QED) is 0.865. The molecule has 0 aromatic heterocycles. The molecule has 5 heteroatoms. The molecule has 0 aliphatic carbocycles. The Balaban J connectivity index is 2.54. The van der Waals surface area contributed by atoms with Crippen LogP contribution in [0.15, 0.2) is 18.2 Å². The molecular weight excluding hydrogens is 285 g/mol. The Bertz CT molecular complexity index is 437. The molecule has 2 atom stereocenters. The minimum Gasteiger partial charge on any atom is -0.479 e. The highest BCUT2D eigenvalue weighted by Gasteiger charge is 2.16. The van der Waals surface area contributed by atoms with Gasteiger partial charge in [-0.15, -0.1) is 0 Å². The van der Waals surface area contributed by atoms with E-state index in [9.17, 15) is 4.79 Å². The minimum absolute atomic E-state index is 0.147. The Morgan fingerprint density at radius 2 is 2.05 bits per heavy atom. The number of carbonyl (C=O) groups excluding carboxylic acids is 1. The second kappa shape index (κ2) is 7.61. The highest BCUT2D eigenvalue weighted by atomic mass is 35.5. The summed E-state index contributed by atoms with van der Waals surface area (Å²) in [6, 6.07) is 4.91. The van der Waals surface area contributed by atoms with Crippen molar-refractivity contribution in [3.8, 4) is 5.75 Å². The summed E-state index contributed by atoms with van der Waals surface area (Å²) in [4.78, 5) is 11.8. The smallest absolute Gasteiger partial charge is 0.260 e. The summed E-state index contributed by atoms with van der Waals surface area (Å²) in [5.74, 6) is 0.763. The fraction of sp³-hybridized carbons (Fsp3) is 0.500. The van der Waals surface area contributed by atoms with E-state index in [-0.39, 0.29) is 5.91 Å². The van der Waals surface area contributed by atoms with Gasteiger partial charge in [-0.2, -0.15) is 0 Å². The first-order valence-electron chi connectivity index (χ1n) is 6.33. The molecule has 0 radical (unpaired) electrons. The Kier molecular flexibility index (Phi) is 6.46. The Hall–Kier alpha value is -0.930. The van der Waals surface area contributed by atoms with Crippen LogP contribution in [0.1, 0.15) is 27.2 Å². The van der Waals surface area contributed by atoms with Gasteiger partial charge in [0.25, 0.3) is 5.91 Å². The zero-order valence-electron chi connectivity index (χ0n) is 11.4. The normalized spacial score (nSPS) is 13.7. The maximum atomic E-state index is 11.8. The van der Waals surface area contributed by atoms with Crippen LogP contribution in [-0.4, -0.2) is 18.6 Å². The molecule has 0 aliphatic rings. The van der Waals surface area contributed by atoms with Gasteiger partial charge in [0.1, 0.15) is 5.75 Å². The number of rotatable bonds is 6. The molecule has 0 unspecified atom stereocenters. The van der Waals surface area contributed by atoms with E-state index in [4.69, 9.17) is 27.9 Å². The molecule has 3 nitrogen and oxygen atoms in total. The van der Waals surface area contributed by atoms with Crippen LogP contribution in [0.3, 0.4) is 0 Å². The number of halogens is 2. The van der Waals surface area contributed by atoms with E-state index in [1.807, 2.05) is 0 Å². The maximum Gasteiger partial charge on any atom is 0.260 e. The first-order valence-corrected chi connectivity index (χ1v) is 7.09. The Morgan fingerprint density at radius 3 is 2.63 bits per heavy atom. The second-order valence-corrected chi connectivity index (χ2v) is 5.44. The molecule has 1 aromatic carbocycles. The highest BCUT2D eigenvalue weighted by molar-refractivity contribution is 6.35. The highest BCUT2D eigenvalue weighted by Crippen LogP contribution is 2.28. The summed E-state index contributed by atoms with van der Waals surface area (Å²) in [6.07, 6.45) is 0.432. The molecule has 1 aromatic rings. The van der Waals surface area contributed by atoms with Gasteiger partial charge in [0.15, 0.2) is 6.10 Å². The molecule has 0 saturated carbocycles. The van der Waals surface area contributed by atoms with Gasteiger partial charge >= 0.3 is 0 Å². The second-order valence-electron chi connectivity index (χ2n) is 4.59. The number of carbonyl (C=O) groups is 1. The van der Waals surface area contributed by atoms with Crippen LogP contribution >= 0.6 is 23.2 Å². The van der Waals surface area contributed by atoms with Gasteiger partial charge in [-0.25, -0.2) is 0 Å². The molecule has 0 aliphatic heterocycles. The van der Waals surface area contributed by atoms with Gasteiger partial charge in [-0.05, 0) is 31.0 Å². The zero-order valence-corrected chi connectivity index (χ0v) is 12.9. The van der Waals surface area contributed by atoms with Gasteiger partial charge in [0.2, 0.25) is 0 Å². The molecule has 0 heterocycles. The van der Waals surface area contributed by atoms with Crippen molar-refractivity contribution < 1.29 is 9.53 Å². The molecule has 1 amide bonds. The maximum absolute atomic E-state index is 11.8. The van der Waals surface area contributed by atoms with Crippen LogP contribution in [0.4, 0.5) is 0 Å². The molecule has 1 N–H and O–H groups in total. The molecule has 19 heavy (non-hydrogen) atoms. The van der Waals surface area contributed by atoms with E-state index >= 15 is 0 Å². The summed E-state index contributed by atoms with van der Waals surface area (Å²) in [7, 11) is 0. The lowest BCUT2D eigenvalue weighted by Crippen LogP contribution is -2.38. The third-order valence-corrected chi connectivity index (χ3v) is 3.42. The lowest BCUT2D eigenvalue weighted by Gasteiger charge is -2.17. The summed E-state index contributed by atoms with van der Waals surface area (Å²) >= 11 is 11.8. The zero-order chi connectivity index (χ0) is 14.4. The van der Waals surface area contributed by atoms with Gasteiger partial charge in [0, 0.05) is 11.6 Å². The molecule has 0 spiro atoms. The summed E-state index contributed by atoms with van der Waals surface area (Å²) in [5.41, 5.74) is 0. The number of amides is 1. The third-order valence-electron chi connectivity index (χ3n) is 2.89. The van der Waals surface area contributed by atoms with Gasteiger partial charge in [-0.3, -0.25) is 4.79 Å². The standard InChI is InChI=1S/C14H19Cl2NO2/c1-4-9(2)8-17-14(18)10(3)19-13-6-5-11(15)7-12(13)16/h5-7,9-10H,4,8H2,1-3H3,(H,17,18)/t9-,10-/m1/s1. The number of hydrogen-bond acceptors (Lipinski definition) is 2. The third kappa shape index (κ3) is 5.29. The van der Waals surface area contributed by atoms with Crippen LogP contribution < -0.4 is 10.1 Å². The average molecular weight is 304 g/mol. The molecule has 1 rings (SSSR count). The SMILES string of the molecule is CC[C@@H](C)CNC(=O)[C@@H](C)Oc1ccc(Cl)cc1Cl. The molecular formula is C14H19Cl2NO2. The summed E-state index contributed by atoms with van der Waals surface area (Å²) in [6.45, 7) is 6.51. The van der Waals surface area contributed by atoms with E-state index < -0.39 is 6.10 Å². The first-order chi connectivity index (χ1) is 8.93. The predicted octanol–water partition coefficient (Wildman–Crippen LogP) is 3.92. The summed E-state index contributed by atoms with van der Waals surface area (Å²) < 4.78 is 5.53. The largest absolute Gasteiger partial charge is 0.479 e. The van der Waals surface area contributed by atoms with Crippen molar-refractivity contribution in [1.29, 1.82) is 0 Å². The molecule has 0 saturated heterocycles. The van der Waals surface area contributed by atoms with Crippen LogP contribution in [0.5, 0.6) is 5.75 Å². The van der Waals surface area contributed by atoms with Crippen LogP contribution in [0.2, 0.25) is 10.0 Å². The van der Waals surface area contributed by atoms with E-state index in [1.54, 1.807) is 25.1 Å². The number of benzene rings is 1. The van der Waals surface area contributed by atoms with Crippen molar-refractivity contribution in [3.05, 3.63) is 28.2 Å². The lowest BCUT2D eigenvalue weighted by atomic mass is 10.1. The van der Waals surface area contributed by atoms with Crippen molar-refractivity contribution >= 4 is 29.1 Å². The van der Waals surface area contributed by atoms with Gasteiger partial charge in [0.05, 0.1) is 5.02 Å². The van der Waals surface area contributed by atoms with E-state index in [0.29, 0.717) is 28.3 Å². The Labute approximate surface area is 124 Å². The first kappa shape index (κ1) is 16.1. The Morgan fingerprint density at radius 1 is 1.37 bits per heavy atom. The van der Waals surface area contributed by atoms with Crippen molar-refractivity contribution in [2.75, 3.05) is 6.54 Å². The minimum atomic E-state index is -0.595. The number of ether oxygens (including phenoxy) is 1. The average Bonchev–Trinajstić information content (AvgIpc) is 2.38. The van der Waals surface area contributed by atoms with Crippen LogP contribution in [-0.2, 0) is 4.79 Å². The van der Waals surface area contributed by atoms with Crippen LogP contribution in [0, 0.1) is 5.92 Å². The molecule has 106 valence electrons. The lowest BCUT2D eigenvalue weighted by molar-refractivity contribution is -0.127. The van der Waals surface area contributed by atoms with Crippen molar-refractivity contribution in [3.63, 3.8) is 0 Å². The van der Waals surface area contributed by atoms with E-state index in [2.05, 4.69) is 19.2 Å². The van der Waals surface area contributed by atoms with Crippen molar-refractivity contribution in [1.82, 2.24) is 5.32 Å². The number of hydrogen-bond donors (Lipinski definition) is 1. The topological polar surface area (TPSA) is 38.3 Å². The summed E-state index contributed by atoms with van der Waals surface area (Å²) in [5, 5.41) is 3.78. The van der Waals surface area contributed by atoms with Gasteiger partial charge < -0.3 is 10.1 Å². The van der Waals surface area contributed by atoms with Crippen LogP contribution in [0.25, 0.3) is 0 Å². The fourth-order valence-electron chi connectivity index (χ4n) is 1.38. The van der Waals surface area contributed by atoms with Crippen molar-refractivity contribution in [2.45, 2.75) is 33.3 Å². The molecule has 0 bridgehead atoms. The number of nitrogens with one attached hydrogen (secondary N) is 1. The van der Waals surface area contributed by atoms with E-state index in [1.165, 1.54) is 0 Å². The monoisotopic (exact) mass is 303 g/mol. The fourth-order valence-corrected chi connectivity index (χ4v) is 1.83. The van der Waals surface area contributed by atoms with E-state index in [0.717, 1.165) is 6.42 Å². The van der Waals surface area contributed by atoms with Crippen molar-refractivity contribution in [2.24, 2.45) is 5.92 Å². The van der Waals surface area contributed by atoms with Gasteiger partial charge in [-0.1, -0.05) is 43.5 Å².